The van der Waals surface area contributed by atoms with Gasteiger partial charge in [-0.1, -0.05) is 18.2 Å². The molecular formula is C23H24N6O. The first kappa shape index (κ1) is 18.7. The number of rotatable bonds is 4. The zero-order valence-electron chi connectivity index (χ0n) is 16.9. The van der Waals surface area contributed by atoms with E-state index in [9.17, 15) is 5.11 Å². The van der Waals surface area contributed by atoms with Gasteiger partial charge in [-0.2, -0.15) is 10.2 Å². The second kappa shape index (κ2) is 7.84. The summed E-state index contributed by atoms with van der Waals surface area (Å²) in [5.41, 5.74) is 5.05. The van der Waals surface area contributed by atoms with Crippen LogP contribution in [0.15, 0.2) is 61.4 Å². The second-order valence-electron chi connectivity index (χ2n) is 7.96. The third kappa shape index (κ3) is 3.76. The van der Waals surface area contributed by atoms with E-state index in [-0.39, 0.29) is 12.1 Å². The highest BCUT2D eigenvalue weighted by Gasteiger charge is 2.22. The molecule has 1 saturated carbocycles. The summed E-state index contributed by atoms with van der Waals surface area (Å²) in [5.74, 6) is 0.687. The highest BCUT2D eigenvalue weighted by atomic mass is 16.3. The average Bonchev–Trinajstić information content (AvgIpc) is 3.44. The Balaban J connectivity index is 1.36. The first-order valence-corrected chi connectivity index (χ1v) is 10.3. The summed E-state index contributed by atoms with van der Waals surface area (Å²) in [6.45, 7) is 0. The van der Waals surface area contributed by atoms with Gasteiger partial charge in [0.1, 0.15) is 0 Å². The van der Waals surface area contributed by atoms with Crippen molar-refractivity contribution < 1.29 is 5.11 Å². The smallest absolute Gasteiger partial charge is 0.159 e. The Morgan fingerprint density at radius 2 is 1.63 bits per heavy atom. The summed E-state index contributed by atoms with van der Waals surface area (Å²) in [7, 11) is 1.91. The van der Waals surface area contributed by atoms with E-state index >= 15 is 0 Å². The Kier molecular flexibility index (Phi) is 4.88. The van der Waals surface area contributed by atoms with Crippen LogP contribution in [0.1, 0.15) is 31.7 Å². The molecule has 152 valence electrons. The van der Waals surface area contributed by atoms with E-state index in [4.69, 9.17) is 0 Å². The molecule has 1 aliphatic carbocycles. The molecule has 0 unspecified atom stereocenters. The van der Waals surface area contributed by atoms with Gasteiger partial charge in [-0.25, -0.2) is 9.97 Å². The van der Waals surface area contributed by atoms with Crippen molar-refractivity contribution >= 4 is 0 Å². The molecule has 0 bridgehead atoms. The van der Waals surface area contributed by atoms with Crippen LogP contribution in [0.3, 0.4) is 0 Å². The minimum atomic E-state index is -0.221. The van der Waals surface area contributed by atoms with Crippen molar-refractivity contribution in [3.63, 3.8) is 0 Å². The monoisotopic (exact) mass is 400 g/mol. The summed E-state index contributed by atoms with van der Waals surface area (Å²) in [6.07, 6.45) is 14.9. The number of benzene rings is 1. The molecule has 3 aromatic heterocycles. The maximum absolute atomic E-state index is 9.93. The molecule has 30 heavy (non-hydrogen) atoms. The van der Waals surface area contributed by atoms with Crippen molar-refractivity contribution in [1.82, 2.24) is 29.5 Å². The topological polar surface area (TPSA) is 81.7 Å². The highest BCUT2D eigenvalue weighted by Crippen LogP contribution is 2.30. The van der Waals surface area contributed by atoms with E-state index < -0.39 is 0 Å². The molecule has 7 nitrogen and oxygen atoms in total. The van der Waals surface area contributed by atoms with Gasteiger partial charge in [0.15, 0.2) is 5.82 Å². The van der Waals surface area contributed by atoms with Crippen LogP contribution in [0.2, 0.25) is 0 Å². The van der Waals surface area contributed by atoms with Gasteiger partial charge in [-0.15, -0.1) is 0 Å². The van der Waals surface area contributed by atoms with E-state index in [1.165, 1.54) is 0 Å². The third-order valence-electron chi connectivity index (χ3n) is 5.74. The standard InChI is InChI=1S/C23H24N6O/c1-28-14-19(12-26-28)16-4-2-5-17(8-16)23-24-10-18(11-25-23)20-13-27-29(15-20)21-6-3-7-22(30)9-21/h2,4-5,8,10-15,21-22,30H,3,6-7,9H2,1H3/t21-,22-/m0/s1. The molecular weight excluding hydrogens is 376 g/mol. The lowest BCUT2D eigenvalue weighted by atomic mass is 9.93. The summed E-state index contributed by atoms with van der Waals surface area (Å²) in [6, 6.07) is 8.43. The molecule has 5 rings (SSSR count). The van der Waals surface area contributed by atoms with Crippen LogP contribution in [0.25, 0.3) is 33.6 Å². The van der Waals surface area contributed by atoms with Gasteiger partial charge in [0.25, 0.3) is 0 Å². The Morgan fingerprint density at radius 1 is 0.867 bits per heavy atom. The zero-order chi connectivity index (χ0) is 20.5. The average molecular weight is 400 g/mol. The van der Waals surface area contributed by atoms with Crippen molar-refractivity contribution in [2.75, 3.05) is 0 Å². The summed E-state index contributed by atoms with van der Waals surface area (Å²) in [4.78, 5) is 9.18. The maximum atomic E-state index is 9.93. The van der Waals surface area contributed by atoms with Gasteiger partial charge in [0.2, 0.25) is 0 Å². The van der Waals surface area contributed by atoms with Crippen LogP contribution in [0.4, 0.5) is 0 Å². The lowest BCUT2D eigenvalue weighted by Crippen LogP contribution is -2.22. The summed E-state index contributed by atoms with van der Waals surface area (Å²) < 4.78 is 3.77. The van der Waals surface area contributed by atoms with E-state index in [0.29, 0.717) is 5.82 Å². The predicted octanol–water partition coefficient (Wildman–Crippen LogP) is 3.88. The lowest BCUT2D eigenvalue weighted by molar-refractivity contribution is 0.100. The Bertz CT molecular complexity index is 1150. The predicted molar refractivity (Wildman–Crippen MR) is 114 cm³/mol. The normalized spacial score (nSPS) is 19.1. The molecule has 1 N–H and O–H groups in total. The Labute approximate surface area is 175 Å². The number of nitrogens with zero attached hydrogens (tertiary/aromatic N) is 6. The number of aryl methyl sites for hydroxylation is 1. The zero-order valence-corrected chi connectivity index (χ0v) is 16.9. The minimum absolute atomic E-state index is 0.221. The molecule has 0 saturated heterocycles. The van der Waals surface area contributed by atoms with Gasteiger partial charge in [-0.3, -0.25) is 9.36 Å². The van der Waals surface area contributed by atoms with Crippen LogP contribution < -0.4 is 0 Å². The summed E-state index contributed by atoms with van der Waals surface area (Å²) >= 11 is 0. The van der Waals surface area contributed by atoms with Gasteiger partial charge in [0.05, 0.1) is 24.5 Å². The molecule has 1 aromatic carbocycles. The number of aliphatic hydroxyl groups is 1. The van der Waals surface area contributed by atoms with E-state index in [2.05, 4.69) is 32.3 Å². The van der Waals surface area contributed by atoms with E-state index in [0.717, 1.165) is 53.5 Å². The number of hydrogen-bond donors (Lipinski definition) is 1. The van der Waals surface area contributed by atoms with Crippen molar-refractivity contribution in [3.05, 3.63) is 61.4 Å². The molecule has 7 heteroatoms. The van der Waals surface area contributed by atoms with Crippen molar-refractivity contribution in [2.24, 2.45) is 7.05 Å². The fourth-order valence-corrected chi connectivity index (χ4v) is 4.10. The number of aromatic nitrogens is 6. The fraction of sp³-hybridized carbons (Fsp3) is 0.304. The van der Waals surface area contributed by atoms with Crippen molar-refractivity contribution in [3.8, 4) is 33.6 Å². The third-order valence-corrected chi connectivity index (χ3v) is 5.74. The highest BCUT2D eigenvalue weighted by molar-refractivity contribution is 5.70. The Morgan fingerprint density at radius 3 is 2.40 bits per heavy atom. The molecule has 1 aliphatic rings. The van der Waals surface area contributed by atoms with Gasteiger partial charge < -0.3 is 5.11 Å². The molecule has 0 amide bonds. The van der Waals surface area contributed by atoms with Crippen LogP contribution in [-0.4, -0.2) is 40.7 Å². The van der Waals surface area contributed by atoms with Gasteiger partial charge in [-0.05, 0) is 37.3 Å². The first-order chi connectivity index (χ1) is 14.7. The lowest BCUT2D eigenvalue weighted by Gasteiger charge is -2.25. The van der Waals surface area contributed by atoms with E-state index in [1.807, 2.05) is 61.0 Å². The SMILES string of the molecule is Cn1cc(-c2cccc(-c3ncc(-c4cnn([C@H]5CCC[C@H](O)C5)c4)cn3)c2)cn1. The van der Waals surface area contributed by atoms with Crippen LogP contribution >= 0.6 is 0 Å². The molecule has 0 spiro atoms. The van der Waals surface area contributed by atoms with Crippen LogP contribution in [0.5, 0.6) is 0 Å². The molecule has 2 atom stereocenters. The molecule has 0 radical (unpaired) electrons. The van der Waals surface area contributed by atoms with E-state index in [1.54, 1.807) is 4.68 Å². The van der Waals surface area contributed by atoms with Gasteiger partial charge in [0, 0.05) is 54.1 Å². The molecule has 1 fully saturated rings. The number of hydrogen-bond acceptors (Lipinski definition) is 5. The van der Waals surface area contributed by atoms with Crippen LogP contribution in [0, 0.1) is 0 Å². The number of aliphatic hydroxyl groups excluding tert-OH is 1. The Hall–Kier alpha value is -3.32. The fourth-order valence-electron chi connectivity index (χ4n) is 4.10. The minimum Gasteiger partial charge on any atom is -0.393 e. The molecule has 0 aliphatic heterocycles. The largest absolute Gasteiger partial charge is 0.393 e. The van der Waals surface area contributed by atoms with Gasteiger partial charge >= 0.3 is 0 Å². The summed E-state index contributed by atoms with van der Waals surface area (Å²) in [5, 5.41) is 18.7. The molecule has 3 heterocycles. The first-order valence-electron chi connectivity index (χ1n) is 10.3. The molecule has 4 aromatic rings. The maximum Gasteiger partial charge on any atom is 0.159 e. The van der Waals surface area contributed by atoms with Crippen molar-refractivity contribution in [1.29, 1.82) is 0 Å². The van der Waals surface area contributed by atoms with Crippen LogP contribution in [-0.2, 0) is 7.05 Å². The van der Waals surface area contributed by atoms with Crippen molar-refractivity contribution in [2.45, 2.75) is 37.8 Å². The second-order valence-corrected chi connectivity index (χ2v) is 7.96. The quantitative estimate of drug-likeness (QED) is 0.562.